The molecule has 3 rings (SSSR count). The number of carbonyl (C=O) groups is 1. The van der Waals surface area contributed by atoms with Gasteiger partial charge in [0.05, 0.1) is 25.9 Å². The van der Waals surface area contributed by atoms with E-state index in [4.69, 9.17) is 14.6 Å². The lowest BCUT2D eigenvalue weighted by atomic mass is 9.85. The summed E-state index contributed by atoms with van der Waals surface area (Å²) in [5, 5.41) is 8.66. The largest absolute Gasteiger partial charge is 0.481 e. The van der Waals surface area contributed by atoms with Gasteiger partial charge in [0.2, 0.25) is 0 Å². The first-order valence-corrected chi connectivity index (χ1v) is 9.34. The second-order valence-corrected chi connectivity index (χ2v) is 7.19. The zero-order valence-corrected chi connectivity index (χ0v) is 14.7. The monoisotopic (exact) mass is 344 g/mol. The van der Waals surface area contributed by atoms with Crippen LogP contribution in [0.4, 0.5) is 0 Å². The Hall–Kier alpha value is -1.65. The number of rotatable bonds is 10. The van der Waals surface area contributed by atoms with Crippen LogP contribution >= 0.6 is 0 Å². The van der Waals surface area contributed by atoms with Crippen LogP contribution in [0.1, 0.15) is 37.7 Å². The zero-order valence-electron chi connectivity index (χ0n) is 14.7. The van der Waals surface area contributed by atoms with Gasteiger partial charge in [-0.2, -0.15) is 0 Å². The lowest BCUT2D eigenvalue weighted by Crippen LogP contribution is -2.32. The van der Waals surface area contributed by atoms with Crippen molar-refractivity contribution in [1.82, 2.24) is 0 Å². The molecule has 25 heavy (non-hydrogen) atoms. The Balaban J connectivity index is 1.43. The molecule has 2 unspecified atom stereocenters. The van der Waals surface area contributed by atoms with Gasteiger partial charge in [0, 0.05) is 12.3 Å². The minimum Gasteiger partial charge on any atom is -0.481 e. The summed E-state index contributed by atoms with van der Waals surface area (Å²) in [6.45, 7) is 2.30. The summed E-state index contributed by atoms with van der Waals surface area (Å²) in [7, 11) is 0. The maximum absolute atomic E-state index is 10.5. The van der Waals surface area contributed by atoms with Crippen LogP contribution in [0, 0.1) is 17.8 Å². The van der Waals surface area contributed by atoms with E-state index >= 15 is 0 Å². The summed E-state index contributed by atoms with van der Waals surface area (Å²) in [6.07, 6.45) is 8.75. The van der Waals surface area contributed by atoms with Crippen molar-refractivity contribution in [3.05, 3.63) is 48.0 Å². The molecule has 0 aromatic heterocycles. The van der Waals surface area contributed by atoms with E-state index in [0.29, 0.717) is 30.5 Å². The average Bonchev–Trinajstić information content (AvgIpc) is 3.21. The van der Waals surface area contributed by atoms with Crippen LogP contribution in [0.5, 0.6) is 0 Å². The molecule has 1 aromatic carbocycles. The molecule has 1 heterocycles. The highest BCUT2D eigenvalue weighted by Gasteiger charge is 2.47. The van der Waals surface area contributed by atoms with Gasteiger partial charge in [0.1, 0.15) is 0 Å². The van der Waals surface area contributed by atoms with Gasteiger partial charge in [-0.3, -0.25) is 4.79 Å². The highest BCUT2D eigenvalue weighted by atomic mass is 16.5. The second-order valence-electron chi connectivity index (χ2n) is 7.19. The van der Waals surface area contributed by atoms with E-state index in [-0.39, 0.29) is 6.42 Å². The van der Waals surface area contributed by atoms with E-state index in [1.54, 1.807) is 0 Å². The van der Waals surface area contributed by atoms with Gasteiger partial charge >= 0.3 is 5.97 Å². The van der Waals surface area contributed by atoms with Crippen LogP contribution in [0.3, 0.4) is 0 Å². The number of fused-ring (bicyclic) bond motifs is 2. The molecule has 0 amide bonds. The highest BCUT2D eigenvalue weighted by Crippen LogP contribution is 2.46. The molecular formula is C21H28O4. The molecule has 0 radical (unpaired) electrons. The number of hydrogen-bond donors (Lipinski definition) is 1. The second kappa shape index (κ2) is 9.16. The van der Waals surface area contributed by atoms with Gasteiger partial charge in [-0.1, -0.05) is 42.5 Å². The van der Waals surface area contributed by atoms with E-state index in [2.05, 4.69) is 24.3 Å². The molecule has 4 nitrogen and oxygen atoms in total. The molecule has 1 aromatic rings. The standard InChI is InChI=1S/C21H28O4/c22-21(23)11-7-2-1-6-10-18-17-12-20(25-14-17)19(18)15-24-13-16-8-4-3-5-9-16/h1,3-6,8-9,17-20H,2,7,10-15H2,(H,22,23)/b6-1+/t17?,18-,19+,20?/m0/s1. The molecule has 1 aliphatic heterocycles. The minimum absolute atomic E-state index is 0.252. The van der Waals surface area contributed by atoms with Crippen molar-refractivity contribution in [2.75, 3.05) is 13.2 Å². The fraction of sp³-hybridized carbons (Fsp3) is 0.571. The van der Waals surface area contributed by atoms with Crippen LogP contribution in [0.25, 0.3) is 0 Å². The quantitative estimate of drug-likeness (QED) is 0.514. The molecular weight excluding hydrogens is 316 g/mol. The molecule has 1 saturated heterocycles. The fourth-order valence-corrected chi connectivity index (χ4v) is 4.13. The first kappa shape index (κ1) is 18.2. The molecule has 4 atom stereocenters. The number of carboxylic acid groups (broad SMARTS) is 1. The average molecular weight is 344 g/mol. The lowest BCUT2D eigenvalue weighted by Gasteiger charge is -2.30. The highest BCUT2D eigenvalue weighted by molar-refractivity contribution is 5.66. The Morgan fingerprint density at radius 3 is 2.88 bits per heavy atom. The SMILES string of the molecule is O=C(O)CCC/C=C/C[C@H]1C2COC(C2)[C@@H]1COCc1ccccc1. The number of hydrogen-bond acceptors (Lipinski definition) is 3. The third-order valence-electron chi connectivity index (χ3n) is 5.45. The summed E-state index contributed by atoms with van der Waals surface area (Å²) < 4.78 is 11.9. The molecule has 2 fully saturated rings. The Kier molecular flexibility index (Phi) is 6.65. The van der Waals surface area contributed by atoms with Crippen molar-refractivity contribution in [3.8, 4) is 0 Å². The summed E-state index contributed by atoms with van der Waals surface area (Å²) in [5.41, 5.74) is 1.21. The molecule has 4 heteroatoms. The van der Waals surface area contributed by atoms with Gasteiger partial charge in [-0.05, 0) is 43.1 Å². The number of allylic oxidation sites excluding steroid dienone is 2. The van der Waals surface area contributed by atoms with Crippen LogP contribution in [-0.2, 0) is 20.9 Å². The summed E-state index contributed by atoms with van der Waals surface area (Å²) in [5.74, 6) is 1.05. The molecule has 1 saturated carbocycles. The first-order valence-electron chi connectivity index (χ1n) is 9.34. The molecule has 2 bridgehead atoms. The van der Waals surface area contributed by atoms with Crippen LogP contribution in [0.2, 0.25) is 0 Å². The number of ether oxygens (including phenoxy) is 2. The summed E-state index contributed by atoms with van der Waals surface area (Å²) in [4.78, 5) is 10.5. The minimum atomic E-state index is -0.714. The van der Waals surface area contributed by atoms with Gasteiger partial charge in [0.15, 0.2) is 0 Å². The molecule has 0 spiro atoms. The van der Waals surface area contributed by atoms with Crippen molar-refractivity contribution in [1.29, 1.82) is 0 Å². The predicted molar refractivity (Wildman–Crippen MR) is 96.2 cm³/mol. The Bertz CT molecular complexity index is 569. The van der Waals surface area contributed by atoms with Gasteiger partial charge in [-0.15, -0.1) is 0 Å². The molecule has 1 aliphatic carbocycles. The van der Waals surface area contributed by atoms with E-state index in [1.165, 1.54) is 5.56 Å². The molecule has 136 valence electrons. The fourth-order valence-electron chi connectivity index (χ4n) is 4.13. The normalized spacial score (nSPS) is 28.0. The number of carboxylic acids is 1. The summed E-state index contributed by atoms with van der Waals surface area (Å²) in [6, 6.07) is 10.3. The zero-order chi connectivity index (χ0) is 17.5. The number of unbranched alkanes of at least 4 members (excludes halogenated alkanes) is 1. The number of aliphatic carboxylic acids is 1. The van der Waals surface area contributed by atoms with Crippen molar-refractivity contribution in [2.24, 2.45) is 17.8 Å². The predicted octanol–water partition coefficient (Wildman–Crippen LogP) is 4.06. The van der Waals surface area contributed by atoms with Crippen LogP contribution in [-0.4, -0.2) is 30.4 Å². The van der Waals surface area contributed by atoms with Crippen molar-refractivity contribution >= 4 is 5.97 Å². The Morgan fingerprint density at radius 1 is 1.24 bits per heavy atom. The van der Waals surface area contributed by atoms with E-state index in [0.717, 1.165) is 38.9 Å². The van der Waals surface area contributed by atoms with Crippen molar-refractivity contribution < 1.29 is 19.4 Å². The van der Waals surface area contributed by atoms with Gasteiger partial charge < -0.3 is 14.6 Å². The van der Waals surface area contributed by atoms with Crippen LogP contribution < -0.4 is 0 Å². The lowest BCUT2D eigenvalue weighted by molar-refractivity contribution is -0.137. The Labute approximate surface area is 149 Å². The van der Waals surface area contributed by atoms with Gasteiger partial charge in [-0.25, -0.2) is 0 Å². The molecule has 2 aliphatic rings. The summed E-state index contributed by atoms with van der Waals surface area (Å²) >= 11 is 0. The molecule has 1 N–H and O–H groups in total. The van der Waals surface area contributed by atoms with E-state index < -0.39 is 5.97 Å². The smallest absolute Gasteiger partial charge is 0.303 e. The van der Waals surface area contributed by atoms with E-state index in [9.17, 15) is 4.79 Å². The number of benzene rings is 1. The van der Waals surface area contributed by atoms with Crippen molar-refractivity contribution in [2.45, 2.75) is 44.8 Å². The first-order chi connectivity index (χ1) is 12.2. The maximum atomic E-state index is 10.5. The topological polar surface area (TPSA) is 55.8 Å². The maximum Gasteiger partial charge on any atom is 0.303 e. The van der Waals surface area contributed by atoms with Crippen LogP contribution in [0.15, 0.2) is 42.5 Å². The third-order valence-corrected chi connectivity index (χ3v) is 5.45. The third kappa shape index (κ3) is 5.16. The van der Waals surface area contributed by atoms with Gasteiger partial charge in [0.25, 0.3) is 0 Å². The van der Waals surface area contributed by atoms with E-state index in [1.807, 2.05) is 18.2 Å². The Morgan fingerprint density at radius 2 is 2.08 bits per heavy atom. The van der Waals surface area contributed by atoms with Crippen molar-refractivity contribution in [3.63, 3.8) is 0 Å².